The van der Waals surface area contributed by atoms with Crippen molar-refractivity contribution in [2.75, 3.05) is 13.1 Å². The molecule has 12 heavy (non-hydrogen) atoms. The summed E-state index contributed by atoms with van der Waals surface area (Å²) in [7, 11) is 0. The molecule has 0 aromatic carbocycles. The lowest BCUT2D eigenvalue weighted by atomic mass is 9.98. The molecule has 1 aliphatic rings. The van der Waals surface area contributed by atoms with E-state index in [2.05, 4.69) is 10.1 Å². The van der Waals surface area contributed by atoms with Crippen LogP contribution >= 0.6 is 0 Å². The van der Waals surface area contributed by atoms with E-state index in [9.17, 15) is 0 Å². The van der Waals surface area contributed by atoms with Crippen molar-refractivity contribution in [3.63, 3.8) is 0 Å². The summed E-state index contributed by atoms with van der Waals surface area (Å²) in [5, 5.41) is 5.41. The van der Waals surface area contributed by atoms with Gasteiger partial charge in [0.15, 0.2) is 6.33 Å². The van der Waals surface area contributed by atoms with Crippen molar-refractivity contribution in [3.8, 4) is 0 Å². The van der Waals surface area contributed by atoms with E-state index >= 15 is 0 Å². The molecule has 5 nitrogen and oxygen atoms in total. The maximum absolute atomic E-state index is 5.62. The average molecular weight is 168 g/mol. The molecule has 1 aromatic heterocycles. The van der Waals surface area contributed by atoms with Crippen LogP contribution in [0, 0.1) is 0 Å². The van der Waals surface area contributed by atoms with E-state index in [0.717, 1.165) is 31.8 Å². The van der Waals surface area contributed by atoms with Crippen LogP contribution in [0.3, 0.4) is 0 Å². The SMILES string of the molecule is NN1CCC(c2ncno2)CC1. The van der Waals surface area contributed by atoms with Crippen LogP contribution in [0.1, 0.15) is 24.7 Å². The van der Waals surface area contributed by atoms with E-state index in [1.165, 1.54) is 6.33 Å². The van der Waals surface area contributed by atoms with Crippen molar-refractivity contribution < 1.29 is 4.52 Å². The molecule has 0 amide bonds. The summed E-state index contributed by atoms with van der Waals surface area (Å²) in [6.45, 7) is 1.82. The zero-order valence-electron chi connectivity index (χ0n) is 6.81. The minimum absolute atomic E-state index is 0.410. The first kappa shape index (κ1) is 7.70. The summed E-state index contributed by atoms with van der Waals surface area (Å²) in [6.07, 6.45) is 3.47. The van der Waals surface area contributed by atoms with Gasteiger partial charge in [-0.05, 0) is 12.8 Å². The molecule has 1 aromatic rings. The van der Waals surface area contributed by atoms with Gasteiger partial charge in [-0.2, -0.15) is 4.98 Å². The lowest BCUT2D eigenvalue weighted by Crippen LogP contribution is -2.38. The molecule has 0 unspecified atom stereocenters. The van der Waals surface area contributed by atoms with Crippen molar-refractivity contribution >= 4 is 0 Å². The third-order valence-electron chi connectivity index (χ3n) is 2.26. The predicted octanol–water partition coefficient (Wildman–Crippen LogP) is 0.123. The van der Waals surface area contributed by atoms with Gasteiger partial charge in [0.25, 0.3) is 0 Å². The highest BCUT2D eigenvalue weighted by Gasteiger charge is 2.22. The summed E-state index contributed by atoms with van der Waals surface area (Å²) >= 11 is 0. The molecule has 66 valence electrons. The molecular formula is C7H12N4O. The Morgan fingerprint density at radius 1 is 1.50 bits per heavy atom. The number of nitrogens with two attached hydrogens (primary N) is 1. The molecule has 1 aliphatic heterocycles. The Hall–Kier alpha value is -0.940. The molecule has 0 radical (unpaired) electrons. The summed E-state index contributed by atoms with van der Waals surface area (Å²) in [4.78, 5) is 4.03. The first-order chi connectivity index (χ1) is 5.86. The van der Waals surface area contributed by atoms with E-state index in [1.807, 2.05) is 5.01 Å². The molecule has 1 fully saturated rings. The monoisotopic (exact) mass is 168 g/mol. The van der Waals surface area contributed by atoms with Crippen LogP contribution in [0.4, 0.5) is 0 Å². The van der Waals surface area contributed by atoms with Crippen LogP contribution in [0.15, 0.2) is 10.9 Å². The van der Waals surface area contributed by atoms with Crippen molar-refractivity contribution in [2.24, 2.45) is 5.84 Å². The van der Waals surface area contributed by atoms with Crippen LogP contribution in [-0.2, 0) is 0 Å². The Kier molecular flexibility index (Phi) is 2.05. The van der Waals surface area contributed by atoms with Crippen molar-refractivity contribution in [1.82, 2.24) is 15.1 Å². The molecule has 0 atom stereocenters. The standard InChI is InChI=1S/C7H12N4O/c8-11-3-1-6(2-4-11)7-9-5-10-12-7/h5-6H,1-4,8H2. The van der Waals surface area contributed by atoms with Gasteiger partial charge in [0.2, 0.25) is 5.89 Å². The molecule has 0 bridgehead atoms. The topological polar surface area (TPSA) is 68.2 Å². The number of rotatable bonds is 1. The van der Waals surface area contributed by atoms with E-state index in [-0.39, 0.29) is 0 Å². The van der Waals surface area contributed by atoms with Gasteiger partial charge in [-0.3, -0.25) is 5.84 Å². The van der Waals surface area contributed by atoms with E-state index in [0.29, 0.717) is 5.92 Å². The van der Waals surface area contributed by atoms with E-state index in [4.69, 9.17) is 10.4 Å². The molecule has 2 rings (SSSR count). The average Bonchev–Trinajstić information content (AvgIpc) is 2.58. The summed E-state index contributed by atoms with van der Waals surface area (Å²) in [6, 6.07) is 0. The van der Waals surface area contributed by atoms with Crippen LogP contribution in [-0.4, -0.2) is 28.2 Å². The number of hydrogen-bond acceptors (Lipinski definition) is 5. The molecule has 0 aliphatic carbocycles. The highest BCUT2D eigenvalue weighted by atomic mass is 16.5. The van der Waals surface area contributed by atoms with Gasteiger partial charge in [0.05, 0.1) is 0 Å². The second-order valence-electron chi connectivity index (χ2n) is 3.09. The summed E-state index contributed by atoms with van der Waals surface area (Å²) in [5.74, 6) is 6.78. The third-order valence-corrected chi connectivity index (χ3v) is 2.26. The Morgan fingerprint density at radius 2 is 2.25 bits per heavy atom. The zero-order valence-corrected chi connectivity index (χ0v) is 6.81. The van der Waals surface area contributed by atoms with Crippen molar-refractivity contribution in [2.45, 2.75) is 18.8 Å². The number of piperidine rings is 1. The lowest BCUT2D eigenvalue weighted by Gasteiger charge is -2.25. The van der Waals surface area contributed by atoms with Gasteiger partial charge in [0.1, 0.15) is 0 Å². The van der Waals surface area contributed by atoms with Crippen molar-refractivity contribution in [1.29, 1.82) is 0 Å². The molecule has 0 saturated carbocycles. The lowest BCUT2D eigenvalue weighted by molar-refractivity contribution is 0.198. The fourth-order valence-electron chi connectivity index (χ4n) is 1.51. The van der Waals surface area contributed by atoms with Gasteiger partial charge >= 0.3 is 0 Å². The zero-order chi connectivity index (χ0) is 8.39. The molecular weight excluding hydrogens is 156 g/mol. The van der Waals surface area contributed by atoms with Crippen molar-refractivity contribution in [3.05, 3.63) is 12.2 Å². The molecule has 5 heteroatoms. The first-order valence-electron chi connectivity index (χ1n) is 4.12. The Balaban J connectivity index is 1.99. The summed E-state index contributed by atoms with van der Waals surface area (Å²) < 4.78 is 4.99. The minimum Gasteiger partial charge on any atom is -0.339 e. The molecule has 0 spiro atoms. The van der Waals surface area contributed by atoms with Gasteiger partial charge in [-0.15, -0.1) is 0 Å². The first-order valence-corrected chi connectivity index (χ1v) is 4.12. The largest absolute Gasteiger partial charge is 0.339 e. The predicted molar refractivity (Wildman–Crippen MR) is 42.0 cm³/mol. The Bertz CT molecular complexity index is 228. The Morgan fingerprint density at radius 3 is 2.83 bits per heavy atom. The fourth-order valence-corrected chi connectivity index (χ4v) is 1.51. The quantitative estimate of drug-likeness (QED) is 0.603. The highest BCUT2D eigenvalue weighted by molar-refractivity contribution is 4.91. The number of hydrazine groups is 1. The number of aromatic nitrogens is 2. The smallest absolute Gasteiger partial charge is 0.229 e. The Labute approximate surface area is 70.5 Å². The van der Waals surface area contributed by atoms with E-state index < -0.39 is 0 Å². The minimum atomic E-state index is 0.410. The van der Waals surface area contributed by atoms with Crippen LogP contribution in [0.2, 0.25) is 0 Å². The third kappa shape index (κ3) is 1.46. The van der Waals surface area contributed by atoms with Crippen LogP contribution in [0.25, 0.3) is 0 Å². The molecule has 2 N–H and O–H groups in total. The number of nitrogens with zero attached hydrogens (tertiary/aromatic N) is 3. The van der Waals surface area contributed by atoms with Gasteiger partial charge in [0, 0.05) is 19.0 Å². The maximum Gasteiger partial charge on any atom is 0.229 e. The normalized spacial score (nSPS) is 21.4. The number of hydrogen-bond donors (Lipinski definition) is 1. The van der Waals surface area contributed by atoms with Crippen LogP contribution < -0.4 is 5.84 Å². The molecule has 1 saturated heterocycles. The van der Waals surface area contributed by atoms with Gasteiger partial charge in [-0.25, -0.2) is 5.01 Å². The highest BCUT2D eigenvalue weighted by Crippen LogP contribution is 2.24. The second-order valence-corrected chi connectivity index (χ2v) is 3.09. The van der Waals surface area contributed by atoms with Gasteiger partial charge in [-0.1, -0.05) is 5.16 Å². The van der Waals surface area contributed by atoms with Crippen LogP contribution in [0.5, 0.6) is 0 Å². The summed E-state index contributed by atoms with van der Waals surface area (Å²) in [5.41, 5.74) is 0. The maximum atomic E-state index is 5.62. The molecule has 2 heterocycles. The van der Waals surface area contributed by atoms with Gasteiger partial charge < -0.3 is 4.52 Å². The second kappa shape index (κ2) is 3.20. The van der Waals surface area contributed by atoms with E-state index in [1.54, 1.807) is 0 Å². The fraction of sp³-hybridized carbons (Fsp3) is 0.714.